The number of fused-ring (bicyclic) bond motifs is 1. The summed E-state index contributed by atoms with van der Waals surface area (Å²) in [6.45, 7) is 3.94. The smallest absolute Gasteiger partial charge is 0.311 e. The molecule has 1 aromatic carbocycles. The Hall–Kier alpha value is -1.81. The Kier molecular flexibility index (Phi) is 4.22. The predicted molar refractivity (Wildman–Crippen MR) is 72.3 cm³/mol. The first kappa shape index (κ1) is 13.6. The molecule has 0 saturated carbocycles. The summed E-state index contributed by atoms with van der Waals surface area (Å²) < 4.78 is 5.13. The van der Waals surface area contributed by atoms with Gasteiger partial charge >= 0.3 is 5.97 Å². The maximum absolute atomic E-state index is 11.7. The van der Waals surface area contributed by atoms with Gasteiger partial charge in [0.2, 0.25) is 5.91 Å². The van der Waals surface area contributed by atoms with Crippen molar-refractivity contribution in [2.45, 2.75) is 18.8 Å². The van der Waals surface area contributed by atoms with Crippen LogP contribution in [0.4, 0.5) is 0 Å². The fraction of sp³-hybridized carbons (Fsp3) is 0.286. The van der Waals surface area contributed by atoms with E-state index in [9.17, 15) is 9.59 Å². The Bertz CT molecular complexity index is 527. The number of ether oxygens (including phenoxy) is 1. The fourth-order valence-electron chi connectivity index (χ4n) is 2.13. The van der Waals surface area contributed by atoms with Crippen molar-refractivity contribution in [1.29, 1.82) is 0 Å². The Balaban J connectivity index is 2.20. The van der Waals surface area contributed by atoms with Crippen LogP contribution < -0.4 is 10.1 Å². The van der Waals surface area contributed by atoms with Crippen LogP contribution in [0.3, 0.4) is 0 Å². The monoisotopic (exact) mass is 279 g/mol. The zero-order valence-corrected chi connectivity index (χ0v) is 11.1. The van der Waals surface area contributed by atoms with Gasteiger partial charge in [0, 0.05) is 29.5 Å². The summed E-state index contributed by atoms with van der Waals surface area (Å²) in [7, 11) is 0. The lowest BCUT2D eigenvalue weighted by Crippen LogP contribution is -2.28. The van der Waals surface area contributed by atoms with Gasteiger partial charge in [-0.2, -0.15) is 0 Å². The first-order chi connectivity index (χ1) is 9.11. The Morgan fingerprint density at radius 1 is 1.58 bits per heavy atom. The van der Waals surface area contributed by atoms with E-state index in [4.69, 9.17) is 16.3 Å². The molecule has 19 heavy (non-hydrogen) atoms. The highest BCUT2D eigenvalue weighted by Crippen LogP contribution is 2.40. The van der Waals surface area contributed by atoms with Gasteiger partial charge in [-0.25, -0.2) is 0 Å². The summed E-state index contributed by atoms with van der Waals surface area (Å²) in [6, 6.07) is 5.13. The molecule has 1 aromatic rings. The van der Waals surface area contributed by atoms with Gasteiger partial charge in [-0.3, -0.25) is 9.59 Å². The van der Waals surface area contributed by atoms with E-state index in [2.05, 4.69) is 11.9 Å². The maximum atomic E-state index is 11.7. The van der Waals surface area contributed by atoms with Gasteiger partial charge in [-0.1, -0.05) is 23.7 Å². The SMILES string of the molecule is C=CCNC(=O)CC1CC(=O)Oc2cccc(Cl)c21. The summed E-state index contributed by atoms with van der Waals surface area (Å²) in [4.78, 5) is 23.3. The van der Waals surface area contributed by atoms with Gasteiger partial charge in [0.05, 0.1) is 6.42 Å². The molecule has 0 saturated heterocycles. The molecule has 0 aliphatic carbocycles. The van der Waals surface area contributed by atoms with Gasteiger partial charge in [0.25, 0.3) is 0 Å². The highest BCUT2D eigenvalue weighted by molar-refractivity contribution is 6.31. The lowest BCUT2D eigenvalue weighted by Gasteiger charge is -2.24. The third-order valence-corrected chi connectivity index (χ3v) is 3.26. The maximum Gasteiger partial charge on any atom is 0.311 e. The second-order valence-electron chi connectivity index (χ2n) is 4.32. The molecule has 2 rings (SSSR count). The highest BCUT2D eigenvalue weighted by Gasteiger charge is 2.30. The van der Waals surface area contributed by atoms with Crippen LogP contribution in [-0.2, 0) is 9.59 Å². The number of carbonyl (C=O) groups is 2. The molecule has 0 bridgehead atoms. The number of hydrogen-bond acceptors (Lipinski definition) is 3. The molecule has 0 fully saturated rings. The van der Waals surface area contributed by atoms with E-state index in [0.717, 1.165) is 5.56 Å². The van der Waals surface area contributed by atoms with Gasteiger partial charge in [0.1, 0.15) is 5.75 Å². The zero-order chi connectivity index (χ0) is 13.8. The van der Waals surface area contributed by atoms with E-state index in [1.807, 2.05) is 0 Å². The average Bonchev–Trinajstić information content (AvgIpc) is 2.35. The van der Waals surface area contributed by atoms with Crippen LogP contribution in [0.25, 0.3) is 0 Å². The topological polar surface area (TPSA) is 55.4 Å². The predicted octanol–water partition coefficient (Wildman–Crippen LogP) is 2.43. The lowest BCUT2D eigenvalue weighted by atomic mass is 9.89. The molecule has 0 radical (unpaired) electrons. The first-order valence-electron chi connectivity index (χ1n) is 5.98. The Labute approximate surface area is 116 Å². The van der Waals surface area contributed by atoms with Crippen molar-refractivity contribution >= 4 is 23.5 Å². The number of amides is 1. The van der Waals surface area contributed by atoms with E-state index >= 15 is 0 Å². The van der Waals surface area contributed by atoms with Crippen LogP contribution in [0.2, 0.25) is 5.02 Å². The van der Waals surface area contributed by atoms with Crippen LogP contribution in [-0.4, -0.2) is 18.4 Å². The third-order valence-electron chi connectivity index (χ3n) is 2.93. The minimum Gasteiger partial charge on any atom is -0.426 e. The number of hydrogen-bond donors (Lipinski definition) is 1. The number of halogens is 1. The van der Waals surface area contributed by atoms with E-state index in [-0.39, 0.29) is 30.6 Å². The summed E-state index contributed by atoms with van der Waals surface area (Å²) >= 11 is 6.13. The standard InChI is InChI=1S/C14H14ClNO3/c1-2-6-16-12(17)7-9-8-13(18)19-11-5-3-4-10(15)14(9)11/h2-5,9H,1,6-8H2,(H,16,17). The van der Waals surface area contributed by atoms with Gasteiger partial charge in [0.15, 0.2) is 0 Å². The molecule has 0 aromatic heterocycles. The molecule has 1 heterocycles. The highest BCUT2D eigenvalue weighted by atomic mass is 35.5. The van der Waals surface area contributed by atoms with E-state index in [0.29, 0.717) is 17.3 Å². The Morgan fingerprint density at radius 2 is 2.37 bits per heavy atom. The minimum absolute atomic E-state index is 0.134. The second-order valence-corrected chi connectivity index (χ2v) is 4.73. The molecular formula is C14H14ClNO3. The number of nitrogens with one attached hydrogen (secondary N) is 1. The summed E-state index contributed by atoms with van der Waals surface area (Å²) in [5, 5.41) is 3.21. The van der Waals surface area contributed by atoms with Crippen LogP contribution in [0.1, 0.15) is 24.3 Å². The molecular weight excluding hydrogens is 266 g/mol. The molecule has 1 unspecified atom stereocenters. The molecule has 100 valence electrons. The van der Waals surface area contributed by atoms with Crippen LogP contribution in [0, 0.1) is 0 Å². The van der Waals surface area contributed by atoms with Crippen molar-refractivity contribution in [2.75, 3.05) is 6.54 Å². The summed E-state index contributed by atoms with van der Waals surface area (Å²) in [6.07, 6.45) is 1.98. The quantitative estimate of drug-likeness (QED) is 0.523. The second kappa shape index (κ2) is 5.89. The number of rotatable bonds is 4. The van der Waals surface area contributed by atoms with Crippen molar-refractivity contribution < 1.29 is 14.3 Å². The van der Waals surface area contributed by atoms with E-state index < -0.39 is 0 Å². The molecule has 4 nitrogen and oxygen atoms in total. The van der Waals surface area contributed by atoms with Crippen molar-refractivity contribution in [3.63, 3.8) is 0 Å². The summed E-state index contributed by atoms with van der Waals surface area (Å²) in [5.41, 5.74) is 0.734. The molecule has 1 N–H and O–H groups in total. The minimum atomic E-state index is -0.337. The Morgan fingerprint density at radius 3 is 3.11 bits per heavy atom. The molecule has 0 spiro atoms. The van der Waals surface area contributed by atoms with Gasteiger partial charge in [-0.15, -0.1) is 6.58 Å². The van der Waals surface area contributed by atoms with Crippen molar-refractivity contribution in [3.05, 3.63) is 41.4 Å². The van der Waals surface area contributed by atoms with Crippen molar-refractivity contribution in [1.82, 2.24) is 5.32 Å². The molecule has 1 aliphatic rings. The van der Waals surface area contributed by atoms with Crippen molar-refractivity contribution in [2.24, 2.45) is 0 Å². The number of esters is 1. The summed E-state index contributed by atoms with van der Waals surface area (Å²) in [5.74, 6) is -0.262. The van der Waals surface area contributed by atoms with Crippen LogP contribution in [0.5, 0.6) is 5.75 Å². The zero-order valence-electron chi connectivity index (χ0n) is 10.3. The normalized spacial score (nSPS) is 17.3. The average molecular weight is 280 g/mol. The fourth-order valence-corrected chi connectivity index (χ4v) is 2.45. The van der Waals surface area contributed by atoms with E-state index in [1.165, 1.54) is 0 Å². The molecule has 1 aliphatic heterocycles. The van der Waals surface area contributed by atoms with Crippen molar-refractivity contribution in [3.8, 4) is 5.75 Å². The lowest BCUT2D eigenvalue weighted by molar-refractivity contribution is -0.136. The molecule has 5 heteroatoms. The number of benzene rings is 1. The number of carbonyl (C=O) groups excluding carboxylic acids is 2. The van der Waals surface area contributed by atoms with Gasteiger partial charge in [-0.05, 0) is 12.1 Å². The van der Waals surface area contributed by atoms with Crippen LogP contribution in [0.15, 0.2) is 30.9 Å². The first-order valence-corrected chi connectivity index (χ1v) is 6.36. The van der Waals surface area contributed by atoms with Gasteiger partial charge < -0.3 is 10.1 Å². The van der Waals surface area contributed by atoms with E-state index in [1.54, 1.807) is 24.3 Å². The largest absolute Gasteiger partial charge is 0.426 e. The van der Waals surface area contributed by atoms with Crippen LogP contribution >= 0.6 is 11.6 Å². The third kappa shape index (κ3) is 3.15. The molecule has 1 atom stereocenters. The molecule has 1 amide bonds.